The molecule has 3 heterocycles. The number of rotatable bonds is 7. The lowest BCUT2D eigenvalue weighted by Gasteiger charge is -2.24. The van der Waals surface area contributed by atoms with Crippen molar-refractivity contribution < 1.29 is 21.6 Å². The van der Waals surface area contributed by atoms with Crippen LogP contribution in [0.25, 0.3) is 11.0 Å². The van der Waals surface area contributed by atoms with Gasteiger partial charge in [0.05, 0.1) is 35.0 Å². The third-order valence-corrected chi connectivity index (χ3v) is 8.33. The molecule has 7 nitrogen and oxygen atoms in total. The summed E-state index contributed by atoms with van der Waals surface area (Å²) < 4.78 is 66.7. The number of sulfone groups is 1. The Morgan fingerprint density at radius 2 is 1.86 bits per heavy atom. The van der Waals surface area contributed by atoms with Crippen LogP contribution in [0.15, 0.2) is 24.3 Å². The topological polar surface area (TPSA) is 96.9 Å². The number of anilines is 1. The monoisotopic (exact) mass is 521 g/mol. The number of benzene rings is 1. The number of aryl methyl sites for hydroxylation is 1. The number of nitrogens with one attached hydrogen (secondary N) is 2. The maximum absolute atomic E-state index is 15.0. The molecule has 1 aliphatic heterocycles. The van der Waals surface area contributed by atoms with Crippen molar-refractivity contribution in [2.24, 2.45) is 0 Å². The van der Waals surface area contributed by atoms with Crippen molar-refractivity contribution in [2.45, 2.75) is 58.0 Å². The van der Waals surface area contributed by atoms with E-state index in [-0.39, 0.29) is 23.0 Å². The molecule has 0 unspecified atom stereocenters. The molecular formula is C25H30F3N5O2S. The lowest BCUT2D eigenvalue weighted by atomic mass is 9.91. The molecule has 0 spiro atoms. The molecule has 0 amide bonds. The first-order valence-corrected chi connectivity index (χ1v) is 13.7. The van der Waals surface area contributed by atoms with Crippen LogP contribution < -0.4 is 10.6 Å². The smallest absolute Gasteiger partial charge is 0.273 e. The predicted molar refractivity (Wildman–Crippen MR) is 133 cm³/mol. The van der Waals surface area contributed by atoms with Crippen LogP contribution in [0, 0.1) is 12.7 Å². The highest BCUT2D eigenvalue weighted by Crippen LogP contribution is 2.36. The summed E-state index contributed by atoms with van der Waals surface area (Å²) in [7, 11) is -1.26. The number of hydrogen-bond acceptors (Lipinski definition) is 7. The number of alkyl halides is 2. The van der Waals surface area contributed by atoms with Gasteiger partial charge in [0.1, 0.15) is 27.3 Å². The molecule has 1 atom stereocenters. The number of pyridine rings is 1. The Kier molecular flexibility index (Phi) is 7.25. The van der Waals surface area contributed by atoms with Gasteiger partial charge in [0.15, 0.2) is 5.65 Å². The van der Waals surface area contributed by atoms with Gasteiger partial charge in [-0.1, -0.05) is 18.2 Å². The standard InChI is InChI=1S/C25H30F3N5O2S/c1-14(17-6-5-7-20(22(17)26)25(3,27)28)30-23-19-12-18(16-8-10-36(34,35)11-9-16)15(2)31-24(19)33-21(32-23)13-29-4/h5-7,12,14,16,29H,8-11,13H2,1-4H3,(H,30,31,32,33)/t14-/m1/s1. The Labute approximate surface area is 208 Å². The lowest BCUT2D eigenvalue weighted by Crippen LogP contribution is -2.23. The van der Waals surface area contributed by atoms with Gasteiger partial charge in [0, 0.05) is 18.2 Å². The molecule has 194 valence electrons. The summed E-state index contributed by atoms with van der Waals surface area (Å²) in [6.07, 6.45) is 1.02. The fourth-order valence-electron chi connectivity index (χ4n) is 4.67. The van der Waals surface area contributed by atoms with Crippen LogP contribution in [0.1, 0.15) is 66.9 Å². The number of halogens is 3. The van der Waals surface area contributed by atoms with Crippen molar-refractivity contribution >= 4 is 26.7 Å². The zero-order valence-corrected chi connectivity index (χ0v) is 21.5. The van der Waals surface area contributed by atoms with Gasteiger partial charge in [0.25, 0.3) is 5.92 Å². The SMILES string of the molecule is CNCc1nc(N[C@H](C)c2cccc(C(C)(F)F)c2F)c2cc(C3CCS(=O)(=O)CC3)c(C)nc2n1. The second-order valence-corrected chi connectivity index (χ2v) is 11.7. The first-order chi connectivity index (χ1) is 16.9. The molecular weight excluding hydrogens is 491 g/mol. The van der Waals surface area contributed by atoms with Crippen molar-refractivity contribution in [2.75, 3.05) is 23.9 Å². The molecule has 3 aromatic rings. The first kappa shape index (κ1) is 26.3. The van der Waals surface area contributed by atoms with E-state index in [1.807, 2.05) is 13.0 Å². The fourth-order valence-corrected chi connectivity index (χ4v) is 6.16. The molecule has 11 heteroatoms. The Morgan fingerprint density at radius 1 is 1.17 bits per heavy atom. The van der Waals surface area contributed by atoms with E-state index < -0.39 is 33.2 Å². The number of nitrogens with zero attached hydrogens (tertiary/aromatic N) is 3. The van der Waals surface area contributed by atoms with E-state index >= 15 is 4.39 Å². The maximum Gasteiger partial charge on any atom is 0.273 e. The van der Waals surface area contributed by atoms with Crippen LogP contribution in [0.2, 0.25) is 0 Å². The van der Waals surface area contributed by atoms with Gasteiger partial charge >= 0.3 is 0 Å². The highest BCUT2D eigenvalue weighted by Gasteiger charge is 2.31. The minimum absolute atomic E-state index is 0.0357. The van der Waals surface area contributed by atoms with Crippen LogP contribution in [0.4, 0.5) is 19.0 Å². The van der Waals surface area contributed by atoms with E-state index in [0.29, 0.717) is 49.0 Å². The summed E-state index contributed by atoms with van der Waals surface area (Å²) in [5, 5.41) is 6.79. The summed E-state index contributed by atoms with van der Waals surface area (Å²) in [6, 6.07) is 5.20. The van der Waals surface area contributed by atoms with Gasteiger partial charge < -0.3 is 10.6 Å². The zero-order chi connectivity index (χ0) is 26.3. The minimum Gasteiger partial charge on any atom is -0.363 e. The van der Waals surface area contributed by atoms with E-state index in [9.17, 15) is 17.2 Å². The molecule has 36 heavy (non-hydrogen) atoms. The fraction of sp³-hybridized carbons (Fsp3) is 0.480. The normalized spacial score (nSPS) is 17.3. The molecule has 0 radical (unpaired) electrons. The number of aromatic nitrogens is 3. The minimum atomic E-state index is -3.31. The molecule has 1 saturated heterocycles. The van der Waals surface area contributed by atoms with Crippen LogP contribution in [0.5, 0.6) is 0 Å². The van der Waals surface area contributed by atoms with Crippen molar-refractivity contribution in [3.63, 3.8) is 0 Å². The molecule has 4 rings (SSSR count). The van der Waals surface area contributed by atoms with Gasteiger partial charge in [-0.05, 0) is 51.3 Å². The number of fused-ring (bicyclic) bond motifs is 1. The van der Waals surface area contributed by atoms with Crippen molar-refractivity contribution in [3.8, 4) is 0 Å². The lowest BCUT2D eigenvalue weighted by molar-refractivity contribution is 0.0136. The quantitative estimate of drug-likeness (QED) is 0.462. The molecule has 2 aromatic heterocycles. The highest BCUT2D eigenvalue weighted by molar-refractivity contribution is 7.91. The summed E-state index contributed by atoms with van der Waals surface area (Å²) in [4.78, 5) is 13.8. The third kappa shape index (κ3) is 5.46. The van der Waals surface area contributed by atoms with E-state index in [0.717, 1.165) is 17.3 Å². The predicted octanol–water partition coefficient (Wildman–Crippen LogP) is 4.77. The Hall–Kier alpha value is -2.79. The second-order valence-electron chi connectivity index (χ2n) is 9.44. The largest absolute Gasteiger partial charge is 0.363 e. The van der Waals surface area contributed by atoms with Crippen LogP contribution in [-0.2, 0) is 22.3 Å². The molecule has 1 aromatic carbocycles. The molecule has 0 bridgehead atoms. The van der Waals surface area contributed by atoms with Gasteiger partial charge in [0.2, 0.25) is 0 Å². The molecule has 2 N–H and O–H groups in total. The summed E-state index contributed by atoms with van der Waals surface area (Å²) >= 11 is 0. The van der Waals surface area contributed by atoms with Crippen molar-refractivity contribution in [1.29, 1.82) is 0 Å². The van der Waals surface area contributed by atoms with E-state index in [2.05, 4.69) is 20.6 Å². The molecule has 0 saturated carbocycles. The third-order valence-electron chi connectivity index (χ3n) is 6.61. The summed E-state index contributed by atoms with van der Waals surface area (Å²) in [6.45, 7) is 4.59. The Morgan fingerprint density at radius 3 is 2.50 bits per heavy atom. The molecule has 1 fully saturated rings. The average molecular weight is 522 g/mol. The zero-order valence-electron chi connectivity index (χ0n) is 20.7. The van der Waals surface area contributed by atoms with Crippen LogP contribution in [-0.4, -0.2) is 41.9 Å². The second kappa shape index (κ2) is 9.93. The Bertz CT molecular complexity index is 1380. The summed E-state index contributed by atoms with van der Waals surface area (Å²) in [5.41, 5.74) is 1.57. The van der Waals surface area contributed by atoms with Gasteiger partial charge in [-0.25, -0.2) is 36.5 Å². The van der Waals surface area contributed by atoms with E-state index in [1.165, 1.54) is 12.1 Å². The van der Waals surface area contributed by atoms with Crippen LogP contribution in [0.3, 0.4) is 0 Å². The van der Waals surface area contributed by atoms with Gasteiger partial charge in [-0.2, -0.15) is 0 Å². The van der Waals surface area contributed by atoms with Crippen molar-refractivity contribution in [3.05, 3.63) is 58.3 Å². The first-order valence-electron chi connectivity index (χ1n) is 11.9. The maximum atomic E-state index is 15.0. The molecule has 0 aliphatic carbocycles. The average Bonchev–Trinajstić information content (AvgIpc) is 2.78. The van der Waals surface area contributed by atoms with Crippen molar-refractivity contribution in [1.82, 2.24) is 20.3 Å². The van der Waals surface area contributed by atoms with Gasteiger partial charge in [-0.15, -0.1) is 0 Å². The van der Waals surface area contributed by atoms with Crippen LogP contribution >= 0.6 is 0 Å². The Balaban J connectivity index is 1.76. The molecule has 1 aliphatic rings. The van der Waals surface area contributed by atoms with Gasteiger partial charge in [-0.3, -0.25) is 0 Å². The van der Waals surface area contributed by atoms with E-state index in [1.54, 1.807) is 14.0 Å². The van der Waals surface area contributed by atoms with E-state index in [4.69, 9.17) is 4.98 Å². The number of hydrogen-bond donors (Lipinski definition) is 2. The highest BCUT2D eigenvalue weighted by atomic mass is 32.2. The summed E-state index contributed by atoms with van der Waals surface area (Å²) in [5.74, 6) is -3.10.